The molecular formula is C59H64N8O6. The number of hydrogen-bond donors (Lipinski definition) is 3. The number of nitrogens with one attached hydrogen (secondary N) is 3. The van der Waals surface area contributed by atoms with Gasteiger partial charge in [0.15, 0.2) is 5.82 Å². The number of carbonyl (C=O) groups excluding carboxylic acids is 4. The summed E-state index contributed by atoms with van der Waals surface area (Å²) in [4.78, 5) is 56.6. The van der Waals surface area contributed by atoms with Crippen molar-refractivity contribution in [3.05, 3.63) is 192 Å². The fourth-order valence-electron chi connectivity index (χ4n) is 9.47. The zero-order valence-corrected chi connectivity index (χ0v) is 42.4. The monoisotopic (exact) mass is 980 g/mol. The molecular weight excluding hydrogens is 917 g/mol. The first-order valence-electron chi connectivity index (χ1n) is 24.9. The number of anilines is 1. The van der Waals surface area contributed by atoms with Crippen LogP contribution in [0.4, 0.5) is 15.3 Å². The van der Waals surface area contributed by atoms with E-state index in [0.29, 0.717) is 38.1 Å². The van der Waals surface area contributed by atoms with Crippen LogP contribution in [0.25, 0.3) is 22.5 Å². The average Bonchev–Trinajstić information content (AvgIpc) is 3.82. The second-order valence-corrected chi connectivity index (χ2v) is 20.2. The standard InChI is InChI=1S/C59H64N8O6/c1-57(2,3)72-55(70)60-39-23-22-35-49(62-56(71)73-58(4,5)6)53(68)61-50-38-37-41-24-17-21-36-51(41)66(54(50)69)40-42-25-16-18-32-46(42)47-33-19-20-34-48(47)52-63-64-65-67(52)59(43-26-10-7-11-27-43,44-28-12-8-13-29-44)45-30-14-9-15-31-45/h7-21,24-34,36,49-50H,22-23,35,37-40H2,1-6H3,(H,60,70)(H,61,68)(H,62,71)/t49-,50?/m0/s1. The molecule has 1 aliphatic rings. The van der Waals surface area contributed by atoms with Crippen LogP contribution < -0.4 is 20.9 Å². The SMILES string of the molecule is CC(C)(C)OC(=O)NCCCC[C@H](NC(=O)OC(C)(C)C)C(=O)NC1CCc2ccccc2N(Cc2ccccc2-c2ccccc2-c2nnnn2C(c2ccccc2)(c2ccccc2)c2ccccc2)C1=O. The van der Waals surface area contributed by atoms with Crippen molar-refractivity contribution in [1.29, 1.82) is 0 Å². The lowest BCUT2D eigenvalue weighted by molar-refractivity contribution is -0.129. The van der Waals surface area contributed by atoms with Gasteiger partial charge in [-0.25, -0.2) is 14.3 Å². The minimum atomic E-state index is -1.03. The topological polar surface area (TPSA) is 170 Å². The molecule has 1 unspecified atom stereocenters. The molecule has 8 rings (SSSR count). The molecule has 0 bridgehead atoms. The van der Waals surface area contributed by atoms with E-state index in [4.69, 9.17) is 19.8 Å². The van der Waals surface area contributed by atoms with Gasteiger partial charge in [0.1, 0.15) is 28.8 Å². The number of carbonyl (C=O) groups is 4. The van der Waals surface area contributed by atoms with E-state index in [1.807, 2.05) is 126 Å². The summed E-state index contributed by atoms with van der Waals surface area (Å²) in [6.45, 7) is 11.1. The zero-order chi connectivity index (χ0) is 51.6. The smallest absolute Gasteiger partial charge is 0.408 e. The van der Waals surface area contributed by atoms with Crippen LogP contribution >= 0.6 is 0 Å². The number of benzene rings is 6. The van der Waals surface area contributed by atoms with Gasteiger partial charge in [-0.15, -0.1) is 5.10 Å². The van der Waals surface area contributed by atoms with Crippen molar-refractivity contribution < 1.29 is 28.7 Å². The first-order chi connectivity index (χ1) is 35.1. The third-order valence-electron chi connectivity index (χ3n) is 12.6. The van der Waals surface area contributed by atoms with Gasteiger partial charge in [-0.1, -0.05) is 158 Å². The van der Waals surface area contributed by atoms with E-state index >= 15 is 4.79 Å². The number of para-hydroxylation sites is 1. The van der Waals surface area contributed by atoms with Gasteiger partial charge < -0.3 is 30.3 Å². The van der Waals surface area contributed by atoms with Gasteiger partial charge in [0.25, 0.3) is 0 Å². The summed E-state index contributed by atoms with van der Waals surface area (Å²) in [7, 11) is 0. The van der Waals surface area contributed by atoms with Gasteiger partial charge >= 0.3 is 12.2 Å². The second-order valence-electron chi connectivity index (χ2n) is 20.2. The molecule has 1 aromatic heterocycles. The van der Waals surface area contributed by atoms with Crippen molar-refractivity contribution in [2.75, 3.05) is 11.4 Å². The number of fused-ring (bicyclic) bond motifs is 1. The number of ether oxygens (including phenoxy) is 2. The summed E-state index contributed by atoms with van der Waals surface area (Å²) in [5, 5.41) is 22.5. The number of amides is 4. The van der Waals surface area contributed by atoms with Crippen LogP contribution in [0.1, 0.15) is 95.0 Å². The molecule has 0 fully saturated rings. The molecule has 0 spiro atoms. The highest BCUT2D eigenvalue weighted by atomic mass is 16.6. The highest BCUT2D eigenvalue weighted by molar-refractivity contribution is 6.01. The van der Waals surface area contributed by atoms with Crippen molar-refractivity contribution in [2.45, 2.75) is 109 Å². The summed E-state index contributed by atoms with van der Waals surface area (Å²) in [5.41, 5.74) is 5.54. The summed E-state index contributed by atoms with van der Waals surface area (Å²) < 4.78 is 12.8. The number of unbranched alkanes of at least 4 members (excludes halogenated alkanes) is 1. The van der Waals surface area contributed by atoms with Crippen LogP contribution in [-0.2, 0) is 37.6 Å². The molecule has 2 atom stereocenters. The van der Waals surface area contributed by atoms with E-state index in [9.17, 15) is 14.4 Å². The molecule has 4 amide bonds. The highest BCUT2D eigenvalue weighted by Gasteiger charge is 2.42. The lowest BCUT2D eigenvalue weighted by Crippen LogP contribution is -2.54. The maximum atomic E-state index is 15.1. The number of rotatable bonds is 16. The molecule has 0 saturated heterocycles. The lowest BCUT2D eigenvalue weighted by Gasteiger charge is -2.36. The Morgan fingerprint density at radius 2 is 1.18 bits per heavy atom. The van der Waals surface area contributed by atoms with Crippen LogP contribution in [0.3, 0.4) is 0 Å². The first-order valence-corrected chi connectivity index (χ1v) is 24.9. The molecule has 14 heteroatoms. The second kappa shape index (κ2) is 22.5. The largest absolute Gasteiger partial charge is 0.444 e. The number of tetrazole rings is 1. The molecule has 0 saturated carbocycles. The highest BCUT2D eigenvalue weighted by Crippen LogP contribution is 2.44. The lowest BCUT2D eigenvalue weighted by atomic mass is 9.77. The molecule has 376 valence electrons. The maximum Gasteiger partial charge on any atom is 0.408 e. The van der Waals surface area contributed by atoms with Gasteiger partial charge in [0.2, 0.25) is 11.8 Å². The number of nitrogens with zero attached hydrogens (tertiary/aromatic N) is 5. The Labute approximate surface area is 427 Å². The van der Waals surface area contributed by atoms with E-state index in [0.717, 1.165) is 50.2 Å². The van der Waals surface area contributed by atoms with Crippen molar-refractivity contribution in [1.82, 2.24) is 36.2 Å². The molecule has 6 aromatic carbocycles. The predicted octanol–water partition coefficient (Wildman–Crippen LogP) is 10.4. The van der Waals surface area contributed by atoms with E-state index in [1.165, 1.54) is 0 Å². The Kier molecular flexibility index (Phi) is 15.8. The minimum Gasteiger partial charge on any atom is -0.444 e. The third kappa shape index (κ3) is 12.1. The maximum absolute atomic E-state index is 15.1. The predicted molar refractivity (Wildman–Crippen MR) is 282 cm³/mol. The summed E-state index contributed by atoms with van der Waals surface area (Å²) >= 11 is 0. The van der Waals surface area contributed by atoms with Crippen molar-refractivity contribution >= 4 is 29.7 Å². The number of alkyl carbamates (subject to hydrolysis) is 2. The molecule has 1 aliphatic heterocycles. The number of hydrogen-bond acceptors (Lipinski definition) is 9. The fourth-order valence-corrected chi connectivity index (χ4v) is 9.47. The van der Waals surface area contributed by atoms with Gasteiger partial charge in [0.05, 0.1) is 6.54 Å². The zero-order valence-electron chi connectivity index (χ0n) is 42.4. The quantitative estimate of drug-likeness (QED) is 0.0630. The van der Waals surface area contributed by atoms with Gasteiger partial charge in [-0.3, -0.25) is 9.59 Å². The van der Waals surface area contributed by atoms with Gasteiger partial charge in [-0.05, 0) is 129 Å². The average molecular weight is 981 g/mol. The fraction of sp³-hybridized carbons (Fsp3) is 0.305. The van der Waals surface area contributed by atoms with E-state index in [2.05, 4.69) is 63.6 Å². The Balaban J connectivity index is 1.11. The molecule has 14 nitrogen and oxygen atoms in total. The van der Waals surface area contributed by atoms with Crippen LogP contribution in [-0.4, -0.2) is 74.0 Å². The molecule has 7 aromatic rings. The molecule has 2 heterocycles. The molecule has 73 heavy (non-hydrogen) atoms. The Hall–Kier alpha value is -8.13. The third-order valence-corrected chi connectivity index (χ3v) is 12.6. The van der Waals surface area contributed by atoms with Crippen molar-refractivity contribution in [3.63, 3.8) is 0 Å². The minimum absolute atomic E-state index is 0.171. The summed E-state index contributed by atoms with van der Waals surface area (Å²) in [6, 6.07) is 52.7. The number of aryl methyl sites for hydroxylation is 1. The van der Waals surface area contributed by atoms with Crippen molar-refractivity contribution in [3.8, 4) is 22.5 Å². The van der Waals surface area contributed by atoms with Crippen LogP contribution in [0, 0.1) is 0 Å². The van der Waals surface area contributed by atoms with E-state index in [-0.39, 0.29) is 18.9 Å². The normalized spacial score (nSPS) is 14.3. The summed E-state index contributed by atoms with van der Waals surface area (Å²) in [5.74, 6) is -0.268. The van der Waals surface area contributed by atoms with Crippen LogP contribution in [0.15, 0.2) is 164 Å². The van der Waals surface area contributed by atoms with E-state index < -0.39 is 46.9 Å². The van der Waals surface area contributed by atoms with Gasteiger partial charge in [0, 0.05) is 17.8 Å². The Bertz CT molecular complexity index is 2910. The Morgan fingerprint density at radius 1 is 0.644 bits per heavy atom. The number of aromatic nitrogens is 4. The van der Waals surface area contributed by atoms with Crippen LogP contribution in [0.2, 0.25) is 0 Å². The molecule has 0 aliphatic carbocycles. The Morgan fingerprint density at radius 3 is 1.79 bits per heavy atom. The molecule has 0 radical (unpaired) electrons. The summed E-state index contributed by atoms with van der Waals surface area (Å²) in [6.07, 6.45) is 0.765. The van der Waals surface area contributed by atoms with Gasteiger partial charge in [-0.2, -0.15) is 0 Å². The molecule has 3 N–H and O–H groups in total. The first kappa shape index (κ1) is 51.2. The van der Waals surface area contributed by atoms with Crippen LogP contribution in [0.5, 0.6) is 0 Å². The van der Waals surface area contributed by atoms with E-state index in [1.54, 1.807) is 46.4 Å². The van der Waals surface area contributed by atoms with Crippen molar-refractivity contribution in [2.24, 2.45) is 0 Å².